The van der Waals surface area contributed by atoms with Gasteiger partial charge < -0.3 is 24.8 Å². The maximum Gasteiger partial charge on any atom is 0.303 e. The van der Waals surface area contributed by atoms with Crippen LogP contribution in [0, 0.1) is 0 Å². The van der Waals surface area contributed by atoms with E-state index in [0.717, 1.165) is 6.92 Å². The first kappa shape index (κ1) is 12.7. The van der Waals surface area contributed by atoms with Gasteiger partial charge in [0.25, 0.3) is 0 Å². The molecule has 7 heteroatoms. The van der Waals surface area contributed by atoms with Crippen LogP contribution in [-0.2, 0) is 14.3 Å². The highest BCUT2D eigenvalue weighted by atomic mass is 35.5. The number of hydrogen-bond acceptors (Lipinski definition) is 6. The van der Waals surface area contributed by atoms with E-state index >= 15 is 0 Å². The molecule has 0 amide bonds. The smallest absolute Gasteiger partial charge is 0.303 e. The molecule has 1 fully saturated rings. The molecule has 1 rings (SSSR count). The zero-order valence-electron chi connectivity index (χ0n) is 8.04. The van der Waals surface area contributed by atoms with E-state index in [0.29, 0.717) is 0 Å². The first-order valence-electron chi connectivity index (χ1n) is 4.41. The lowest BCUT2D eigenvalue weighted by molar-refractivity contribution is -0.220. The Bertz CT molecular complexity index is 235. The molecule has 88 valence electrons. The number of hydrogen-bond donors (Lipinski definition) is 3. The number of esters is 1. The van der Waals surface area contributed by atoms with Crippen molar-refractivity contribution in [2.24, 2.45) is 0 Å². The van der Waals surface area contributed by atoms with Crippen molar-refractivity contribution in [3.63, 3.8) is 0 Å². The van der Waals surface area contributed by atoms with Gasteiger partial charge in [-0.05, 0) is 0 Å². The second-order valence-corrected chi connectivity index (χ2v) is 3.69. The molecule has 6 nitrogen and oxygen atoms in total. The standard InChI is InChI=1S/C8H13ClO6/c1-3(11)14-7-6(13)5(12)4(2-10)15-8(7)9/h4-8,10,12-13H,2H2,1H3/t4-,5-,6+,7-,8+/m1/s1. The maximum absolute atomic E-state index is 10.7. The van der Waals surface area contributed by atoms with Crippen molar-refractivity contribution in [1.29, 1.82) is 0 Å². The lowest BCUT2D eigenvalue weighted by Crippen LogP contribution is -2.58. The highest BCUT2D eigenvalue weighted by molar-refractivity contribution is 6.20. The van der Waals surface area contributed by atoms with Gasteiger partial charge in [0, 0.05) is 6.92 Å². The van der Waals surface area contributed by atoms with Crippen LogP contribution in [0.15, 0.2) is 0 Å². The van der Waals surface area contributed by atoms with E-state index in [9.17, 15) is 15.0 Å². The average Bonchev–Trinajstić information content (AvgIpc) is 2.18. The van der Waals surface area contributed by atoms with Crippen molar-refractivity contribution >= 4 is 17.6 Å². The summed E-state index contributed by atoms with van der Waals surface area (Å²) in [5, 5.41) is 27.8. The Labute approximate surface area is 91.4 Å². The molecule has 0 aliphatic carbocycles. The molecule has 5 atom stereocenters. The van der Waals surface area contributed by atoms with Crippen LogP contribution in [0.1, 0.15) is 6.92 Å². The van der Waals surface area contributed by atoms with Crippen molar-refractivity contribution in [3.8, 4) is 0 Å². The Morgan fingerprint density at radius 2 is 2.07 bits per heavy atom. The Morgan fingerprint density at radius 1 is 1.47 bits per heavy atom. The van der Waals surface area contributed by atoms with Crippen LogP contribution in [0.2, 0.25) is 0 Å². The average molecular weight is 241 g/mol. The molecule has 0 aromatic heterocycles. The van der Waals surface area contributed by atoms with Crippen molar-refractivity contribution < 1.29 is 29.6 Å². The summed E-state index contributed by atoms with van der Waals surface area (Å²) in [6, 6.07) is 0. The molecule has 1 aliphatic rings. The monoisotopic (exact) mass is 240 g/mol. The Hall–Kier alpha value is -0.400. The summed E-state index contributed by atoms with van der Waals surface area (Å²) in [4.78, 5) is 10.7. The van der Waals surface area contributed by atoms with Gasteiger partial charge in [-0.25, -0.2) is 0 Å². The van der Waals surface area contributed by atoms with Crippen molar-refractivity contribution in [2.45, 2.75) is 36.9 Å². The molecular weight excluding hydrogens is 228 g/mol. The molecule has 3 N–H and O–H groups in total. The minimum atomic E-state index is -1.37. The van der Waals surface area contributed by atoms with Gasteiger partial charge in [0.2, 0.25) is 0 Å². The molecule has 0 aromatic rings. The maximum atomic E-state index is 10.7. The van der Waals surface area contributed by atoms with Gasteiger partial charge in [-0.15, -0.1) is 0 Å². The third-order valence-electron chi connectivity index (χ3n) is 2.11. The predicted octanol–water partition coefficient (Wildman–Crippen LogP) is -1.40. The van der Waals surface area contributed by atoms with Gasteiger partial charge in [0.15, 0.2) is 11.7 Å². The summed E-state index contributed by atoms with van der Waals surface area (Å²) in [6.45, 7) is 0.676. The summed E-state index contributed by atoms with van der Waals surface area (Å²) in [7, 11) is 0. The minimum Gasteiger partial charge on any atom is -0.456 e. The summed E-state index contributed by atoms with van der Waals surface area (Å²) >= 11 is 5.68. The quantitative estimate of drug-likeness (QED) is 0.406. The fraction of sp³-hybridized carbons (Fsp3) is 0.875. The highest BCUT2D eigenvalue weighted by Gasteiger charge is 2.45. The van der Waals surface area contributed by atoms with E-state index in [2.05, 4.69) is 0 Å². The van der Waals surface area contributed by atoms with Gasteiger partial charge in [-0.1, -0.05) is 11.6 Å². The number of alkyl halides is 1. The third-order valence-corrected chi connectivity index (χ3v) is 2.46. The van der Waals surface area contributed by atoms with E-state index in [4.69, 9.17) is 26.2 Å². The normalized spacial score (nSPS) is 41.3. The zero-order valence-corrected chi connectivity index (χ0v) is 8.79. The summed E-state index contributed by atoms with van der Waals surface area (Å²) in [5.74, 6) is -0.636. The first-order valence-corrected chi connectivity index (χ1v) is 4.84. The van der Waals surface area contributed by atoms with E-state index in [1.54, 1.807) is 0 Å². The SMILES string of the molecule is CC(=O)O[C@@H]1[C@@H](O)[C@H](O)[C@@H](CO)O[C@@H]1Cl. The molecule has 0 unspecified atom stereocenters. The van der Waals surface area contributed by atoms with Crippen molar-refractivity contribution in [2.75, 3.05) is 6.61 Å². The van der Waals surface area contributed by atoms with Crippen LogP contribution in [0.5, 0.6) is 0 Å². The number of carbonyl (C=O) groups is 1. The number of carbonyl (C=O) groups excluding carboxylic acids is 1. The molecule has 0 aromatic carbocycles. The van der Waals surface area contributed by atoms with Crippen LogP contribution in [0.3, 0.4) is 0 Å². The summed E-state index contributed by atoms with van der Waals surface area (Å²) in [5.41, 5.74) is -1.09. The minimum absolute atomic E-state index is 0.478. The van der Waals surface area contributed by atoms with Gasteiger partial charge in [0.1, 0.15) is 18.3 Å². The number of ether oxygens (including phenoxy) is 2. The molecule has 15 heavy (non-hydrogen) atoms. The lowest BCUT2D eigenvalue weighted by Gasteiger charge is -2.39. The second kappa shape index (κ2) is 5.09. The molecule has 1 aliphatic heterocycles. The van der Waals surface area contributed by atoms with Gasteiger partial charge in [-0.2, -0.15) is 0 Å². The summed E-state index contributed by atoms with van der Waals surface area (Å²) < 4.78 is 9.65. The van der Waals surface area contributed by atoms with Crippen LogP contribution < -0.4 is 0 Å². The number of rotatable bonds is 2. The van der Waals surface area contributed by atoms with Gasteiger partial charge >= 0.3 is 5.97 Å². The van der Waals surface area contributed by atoms with Crippen LogP contribution in [0.25, 0.3) is 0 Å². The van der Waals surface area contributed by atoms with Crippen molar-refractivity contribution in [3.05, 3.63) is 0 Å². The van der Waals surface area contributed by atoms with Crippen LogP contribution in [-0.4, -0.2) is 57.9 Å². The van der Waals surface area contributed by atoms with Crippen LogP contribution in [0.4, 0.5) is 0 Å². The molecule has 1 heterocycles. The Balaban J connectivity index is 2.70. The number of aliphatic hydroxyl groups is 3. The molecule has 0 bridgehead atoms. The third kappa shape index (κ3) is 2.79. The first-order chi connectivity index (χ1) is 6.97. The largest absolute Gasteiger partial charge is 0.456 e. The predicted molar refractivity (Wildman–Crippen MR) is 49.2 cm³/mol. The van der Waals surface area contributed by atoms with E-state index in [1.165, 1.54) is 0 Å². The molecular formula is C8H13ClO6. The van der Waals surface area contributed by atoms with Crippen molar-refractivity contribution in [1.82, 2.24) is 0 Å². The zero-order chi connectivity index (χ0) is 11.6. The Kier molecular flexibility index (Phi) is 4.30. The fourth-order valence-corrected chi connectivity index (χ4v) is 1.69. The number of halogens is 1. The second-order valence-electron chi connectivity index (χ2n) is 3.26. The van der Waals surface area contributed by atoms with Crippen LogP contribution >= 0.6 is 11.6 Å². The highest BCUT2D eigenvalue weighted by Crippen LogP contribution is 2.25. The fourth-order valence-electron chi connectivity index (χ4n) is 1.36. The van der Waals surface area contributed by atoms with Gasteiger partial charge in [0.05, 0.1) is 6.61 Å². The molecule has 0 saturated carbocycles. The number of aliphatic hydroxyl groups excluding tert-OH is 3. The molecule has 0 spiro atoms. The van der Waals surface area contributed by atoms with E-state index in [1.807, 2.05) is 0 Å². The molecule has 1 saturated heterocycles. The van der Waals surface area contributed by atoms with E-state index in [-0.39, 0.29) is 0 Å². The van der Waals surface area contributed by atoms with E-state index < -0.39 is 42.6 Å². The molecule has 0 radical (unpaired) electrons. The summed E-state index contributed by atoms with van der Waals surface area (Å²) in [6.07, 6.45) is -4.83. The lowest BCUT2D eigenvalue weighted by atomic mass is 10.0. The van der Waals surface area contributed by atoms with Gasteiger partial charge in [-0.3, -0.25) is 4.79 Å². The topological polar surface area (TPSA) is 96.2 Å². The Morgan fingerprint density at radius 3 is 2.53 bits per heavy atom.